The number of hydrogen-bond acceptors (Lipinski definition) is 6. The summed E-state index contributed by atoms with van der Waals surface area (Å²) in [6, 6.07) is 0. The summed E-state index contributed by atoms with van der Waals surface area (Å²) in [7, 11) is 0. The number of unbranched alkanes of at least 4 members (excludes halogenated alkanes) is 32. The van der Waals surface area contributed by atoms with E-state index in [-0.39, 0.29) is 31.1 Å². The lowest BCUT2D eigenvalue weighted by atomic mass is 10.1. The number of allylic oxidation sites excluding steroid dienone is 4. The van der Waals surface area contributed by atoms with Crippen molar-refractivity contribution in [2.45, 2.75) is 284 Å². The standard InChI is InChI=1S/C53H98O6/c1-4-7-10-13-16-19-22-24-26-28-31-33-36-39-42-45-51(54)57-48-50(59-53(56)47-44-41-38-35-30-21-18-15-12-9-6-3)49-58-52(55)46-43-40-37-34-32-29-27-25-23-20-17-14-11-8-5-2/h24-27,50H,4-23,28-49H2,1-3H3. The SMILES string of the molecule is CCCCCCCCC=CCCCCCCCC(=O)OCC(COC(=O)CCCCCCCC=CCCCCCCCC)OC(=O)CCCCCCCCCCCCC. The van der Waals surface area contributed by atoms with Gasteiger partial charge in [0.1, 0.15) is 13.2 Å². The maximum atomic E-state index is 12.7. The number of hydrogen-bond donors (Lipinski definition) is 0. The zero-order chi connectivity index (χ0) is 43.0. The molecule has 0 amide bonds. The second-order valence-electron chi connectivity index (χ2n) is 17.4. The minimum Gasteiger partial charge on any atom is -0.462 e. The van der Waals surface area contributed by atoms with Crippen LogP contribution in [0.25, 0.3) is 0 Å². The number of ether oxygens (including phenoxy) is 3. The molecule has 0 radical (unpaired) electrons. The van der Waals surface area contributed by atoms with Crippen molar-refractivity contribution in [3.63, 3.8) is 0 Å². The van der Waals surface area contributed by atoms with Gasteiger partial charge in [-0.05, 0) is 70.6 Å². The second-order valence-corrected chi connectivity index (χ2v) is 17.4. The van der Waals surface area contributed by atoms with E-state index in [0.717, 1.165) is 70.6 Å². The summed E-state index contributed by atoms with van der Waals surface area (Å²) < 4.78 is 16.8. The van der Waals surface area contributed by atoms with E-state index in [1.54, 1.807) is 0 Å². The Kier molecular flexibility index (Phi) is 46.8. The zero-order valence-electron chi connectivity index (χ0n) is 39.5. The van der Waals surface area contributed by atoms with Crippen molar-refractivity contribution in [2.75, 3.05) is 13.2 Å². The van der Waals surface area contributed by atoms with Crippen molar-refractivity contribution in [1.29, 1.82) is 0 Å². The van der Waals surface area contributed by atoms with Crippen LogP contribution in [0.4, 0.5) is 0 Å². The van der Waals surface area contributed by atoms with Crippen LogP contribution in [0.15, 0.2) is 24.3 Å². The smallest absolute Gasteiger partial charge is 0.306 e. The zero-order valence-corrected chi connectivity index (χ0v) is 39.5. The van der Waals surface area contributed by atoms with Crippen molar-refractivity contribution >= 4 is 17.9 Å². The molecule has 0 aromatic heterocycles. The van der Waals surface area contributed by atoms with Crippen molar-refractivity contribution in [2.24, 2.45) is 0 Å². The van der Waals surface area contributed by atoms with Gasteiger partial charge in [0.05, 0.1) is 0 Å². The summed E-state index contributed by atoms with van der Waals surface area (Å²) in [5.74, 6) is -0.880. The summed E-state index contributed by atoms with van der Waals surface area (Å²) >= 11 is 0. The van der Waals surface area contributed by atoms with Gasteiger partial charge in [0.15, 0.2) is 6.10 Å². The van der Waals surface area contributed by atoms with Crippen molar-refractivity contribution in [1.82, 2.24) is 0 Å². The summed E-state index contributed by atoms with van der Waals surface area (Å²) in [6.07, 6.45) is 54.4. The highest BCUT2D eigenvalue weighted by Crippen LogP contribution is 2.15. The lowest BCUT2D eigenvalue weighted by Crippen LogP contribution is -2.30. The minimum atomic E-state index is -0.772. The van der Waals surface area contributed by atoms with Gasteiger partial charge < -0.3 is 14.2 Å². The third-order valence-electron chi connectivity index (χ3n) is 11.4. The summed E-state index contributed by atoms with van der Waals surface area (Å²) in [5.41, 5.74) is 0. The Labute approximate surface area is 366 Å². The predicted octanol–water partition coefficient (Wildman–Crippen LogP) is 16.8. The van der Waals surface area contributed by atoms with Gasteiger partial charge in [0, 0.05) is 19.3 Å². The van der Waals surface area contributed by atoms with Crippen molar-refractivity contribution in [3.8, 4) is 0 Å². The molecular formula is C53H98O6. The van der Waals surface area contributed by atoms with Gasteiger partial charge in [0.2, 0.25) is 0 Å². The van der Waals surface area contributed by atoms with Gasteiger partial charge in [-0.2, -0.15) is 0 Å². The quantitative estimate of drug-likeness (QED) is 0.0263. The average Bonchev–Trinajstić information content (AvgIpc) is 3.23. The molecule has 0 unspecified atom stereocenters. The van der Waals surface area contributed by atoms with Crippen LogP contribution in [-0.2, 0) is 28.6 Å². The monoisotopic (exact) mass is 831 g/mol. The van der Waals surface area contributed by atoms with E-state index in [2.05, 4.69) is 45.1 Å². The average molecular weight is 831 g/mol. The minimum absolute atomic E-state index is 0.0748. The van der Waals surface area contributed by atoms with E-state index < -0.39 is 6.10 Å². The van der Waals surface area contributed by atoms with Crippen LogP contribution < -0.4 is 0 Å². The molecule has 6 nitrogen and oxygen atoms in total. The molecule has 0 spiro atoms. The fraction of sp³-hybridized carbons (Fsp3) is 0.868. The third kappa shape index (κ3) is 46.8. The molecule has 0 heterocycles. The van der Waals surface area contributed by atoms with E-state index in [9.17, 15) is 14.4 Å². The van der Waals surface area contributed by atoms with E-state index in [0.29, 0.717) is 19.3 Å². The lowest BCUT2D eigenvalue weighted by molar-refractivity contribution is -0.167. The van der Waals surface area contributed by atoms with Gasteiger partial charge in [-0.15, -0.1) is 0 Å². The van der Waals surface area contributed by atoms with Gasteiger partial charge in [0.25, 0.3) is 0 Å². The number of esters is 3. The van der Waals surface area contributed by atoms with E-state index in [4.69, 9.17) is 14.2 Å². The predicted molar refractivity (Wildman–Crippen MR) is 252 cm³/mol. The highest BCUT2D eigenvalue weighted by Gasteiger charge is 2.19. The molecule has 0 aromatic carbocycles. The molecule has 0 aliphatic carbocycles. The van der Waals surface area contributed by atoms with Crippen molar-refractivity contribution in [3.05, 3.63) is 24.3 Å². The Bertz CT molecular complexity index is 902. The summed E-state index contributed by atoms with van der Waals surface area (Å²) in [5, 5.41) is 0. The molecule has 6 heteroatoms. The number of carbonyl (C=O) groups is 3. The molecule has 0 bridgehead atoms. The molecule has 0 aliphatic heterocycles. The molecule has 59 heavy (non-hydrogen) atoms. The van der Waals surface area contributed by atoms with Crippen LogP contribution >= 0.6 is 0 Å². The highest BCUT2D eigenvalue weighted by molar-refractivity contribution is 5.71. The van der Waals surface area contributed by atoms with Crippen LogP contribution in [0.5, 0.6) is 0 Å². The fourth-order valence-electron chi connectivity index (χ4n) is 7.49. The Hall–Kier alpha value is -2.11. The normalized spacial score (nSPS) is 12.1. The molecule has 0 N–H and O–H groups in total. The van der Waals surface area contributed by atoms with Gasteiger partial charge in [-0.1, -0.05) is 212 Å². The molecule has 0 fully saturated rings. The van der Waals surface area contributed by atoms with E-state index in [1.165, 1.54) is 167 Å². The number of carbonyl (C=O) groups excluding carboxylic acids is 3. The third-order valence-corrected chi connectivity index (χ3v) is 11.4. The highest BCUT2D eigenvalue weighted by atomic mass is 16.6. The Morgan fingerprint density at radius 1 is 0.322 bits per heavy atom. The van der Waals surface area contributed by atoms with E-state index in [1.807, 2.05) is 0 Å². The number of rotatable bonds is 47. The summed E-state index contributed by atoms with van der Waals surface area (Å²) in [6.45, 7) is 6.63. The Balaban J connectivity index is 4.34. The van der Waals surface area contributed by atoms with Crippen molar-refractivity contribution < 1.29 is 28.6 Å². The fourth-order valence-corrected chi connectivity index (χ4v) is 7.49. The first-order valence-electron chi connectivity index (χ1n) is 25.8. The molecule has 0 aromatic rings. The van der Waals surface area contributed by atoms with Gasteiger partial charge in [-0.25, -0.2) is 0 Å². The van der Waals surface area contributed by atoms with Gasteiger partial charge in [-0.3, -0.25) is 14.4 Å². The first kappa shape index (κ1) is 56.9. The van der Waals surface area contributed by atoms with Crippen LogP contribution in [-0.4, -0.2) is 37.2 Å². The molecule has 0 atom stereocenters. The molecule has 0 saturated heterocycles. The molecular weight excluding hydrogens is 733 g/mol. The molecule has 0 rings (SSSR count). The van der Waals surface area contributed by atoms with E-state index >= 15 is 0 Å². The lowest BCUT2D eigenvalue weighted by Gasteiger charge is -2.18. The topological polar surface area (TPSA) is 78.9 Å². The Morgan fingerprint density at radius 3 is 0.847 bits per heavy atom. The molecule has 0 aliphatic rings. The summed E-state index contributed by atoms with van der Waals surface area (Å²) in [4.78, 5) is 37.9. The van der Waals surface area contributed by atoms with Gasteiger partial charge >= 0.3 is 17.9 Å². The first-order valence-corrected chi connectivity index (χ1v) is 25.8. The molecule has 346 valence electrons. The maximum absolute atomic E-state index is 12.7. The first-order chi connectivity index (χ1) is 29.0. The second kappa shape index (κ2) is 48.6. The van der Waals surface area contributed by atoms with Crippen LogP contribution in [0.3, 0.4) is 0 Å². The Morgan fingerprint density at radius 2 is 0.559 bits per heavy atom. The van der Waals surface area contributed by atoms with Crippen LogP contribution in [0, 0.1) is 0 Å². The maximum Gasteiger partial charge on any atom is 0.306 e. The van der Waals surface area contributed by atoms with Crippen LogP contribution in [0.1, 0.15) is 278 Å². The van der Waals surface area contributed by atoms with Crippen LogP contribution in [0.2, 0.25) is 0 Å². The largest absolute Gasteiger partial charge is 0.462 e. The molecule has 0 saturated carbocycles.